The van der Waals surface area contributed by atoms with Crippen LogP contribution in [0.4, 0.5) is 17.2 Å². The molecule has 3 rings (SSSR count). The fourth-order valence-corrected chi connectivity index (χ4v) is 2.81. The van der Waals surface area contributed by atoms with Crippen molar-refractivity contribution in [2.75, 3.05) is 36.2 Å². The molecule has 1 amide bonds. The second-order valence-corrected chi connectivity index (χ2v) is 6.59. The van der Waals surface area contributed by atoms with Gasteiger partial charge in [-0.15, -0.1) is 0 Å². The summed E-state index contributed by atoms with van der Waals surface area (Å²) in [4.78, 5) is 43.4. The number of hydrogen-bond donors (Lipinski definition) is 2. The number of benzene rings is 1. The zero-order valence-corrected chi connectivity index (χ0v) is 16.2. The molecule has 0 fully saturated rings. The number of nitrogens with zero attached hydrogens (tertiary/aromatic N) is 4. The molecule has 0 saturated heterocycles. The minimum Gasteiger partial charge on any atom is -0.375 e. The highest BCUT2D eigenvalue weighted by molar-refractivity contribution is 5.96. The quantitative estimate of drug-likeness (QED) is 0.675. The Labute approximate surface area is 161 Å². The number of carbonyl (C=O) groups excluding carboxylic acids is 1. The minimum absolute atomic E-state index is 0.0487. The zero-order chi connectivity index (χ0) is 20.4. The van der Waals surface area contributed by atoms with Gasteiger partial charge in [0.2, 0.25) is 5.91 Å². The maximum Gasteiger partial charge on any atom is 0.332 e. The van der Waals surface area contributed by atoms with Crippen molar-refractivity contribution in [3.63, 3.8) is 0 Å². The second-order valence-electron chi connectivity index (χ2n) is 6.59. The highest BCUT2D eigenvalue weighted by atomic mass is 16.2. The standard InChI is InChI=1S/C19H22N6O3/c1-23(2)14-10-13(20-11-15(26)21-12-8-6-5-7-9-12)16-17(22-14)24(3)19(28)25(4)18(16)27/h5-10H,11H2,1-4H3,(H,20,22)(H,21,26). The lowest BCUT2D eigenvalue weighted by molar-refractivity contribution is -0.114. The van der Waals surface area contributed by atoms with E-state index in [4.69, 9.17) is 0 Å². The predicted octanol–water partition coefficient (Wildman–Crippen LogP) is 0.749. The highest BCUT2D eigenvalue weighted by Crippen LogP contribution is 2.23. The van der Waals surface area contributed by atoms with Crippen LogP contribution in [0.15, 0.2) is 46.0 Å². The van der Waals surface area contributed by atoms with Crippen LogP contribution in [0.5, 0.6) is 0 Å². The van der Waals surface area contributed by atoms with Crippen LogP contribution >= 0.6 is 0 Å². The molecule has 0 aliphatic carbocycles. The minimum atomic E-state index is -0.470. The van der Waals surface area contributed by atoms with E-state index in [2.05, 4.69) is 15.6 Å². The van der Waals surface area contributed by atoms with Gasteiger partial charge in [0.15, 0.2) is 5.65 Å². The Morgan fingerprint density at radius 3 is 2.43 bits per heavy atom. The molecule has 0 bridgehead atoms. The number of para-hydroxylation sites is 1. The van der Waals surface area contributed by atoms with Gasteiger partial charge in [-0.3, -0.25) is 18.7 Å². The van der Waals surface area contributed by atoms with Gasteiger partial charge in [0, 0.05) is 39.9 Å². The second kappa shape index (κ2) is 7.55. The Bertz CT molecular complexity index is 1150. The third-order valence-corrected chi connectivity index (χ3v) is 4.35. The van der Waals surface area contributed by atoms with Crippen LogP contribution in [0.1, 0.15) is 0 Å². The summed E-state index contributed by atoms with van der Waals surface area (Å²) < 4.78 is 2.34. The van der Waals surface area contributed by atoms with Crippen molar-refractivity contribution in [1.29, 1.82) is 0 Å². The Hall–Kier alpha value is -3.62. The smallest absolute Gasteiger partial charge is 0.332 e. The molecule has 2 aromatic heterocycles. The van der Waals surface area contributed by atoms with E-state index in [0.29, 0.717) is 17.2 Å². The Morgan fingerprint density at radius 2 is 1.79 bits per heavy atom. The van der Waals surface area contributed by atoms with E-state index in [-0.39, 0.29) is 23.5 Å². The third-order valence-electron chi connectivity index (χ3n) is 4.35. The molecule has 0 aliphatic heterocycles. The van der Waals surface area contributed by atoms with Gasteiger partial charge < -0.3 is 15.5 Å². The van der Waals surface area contributed by atoms with Crippen molar-refractivity contribution in [2.24, 2.45) is 14.1 Å². The van der Waals surface area contributed by atoms with Gasteiger partial charge in [-0.25, -0.2) is 9.78 Å². The van der Waals surface area contributed by atoms with Gasteiger partial charge in [-0.05, 0) is 12.1 Å². The molecule has 0 unspecified atom stereocenters. The van der Waals surface area contributed by atoms with Gasteiger partial charge >= 0.3 is 5.69 Å². The first kappa shape index (κ1) is 19.2. The molecule has 3 aromatic rings. The maximum atomic E-state index is 12.7. The molecule has 0 radical (unpaired) electrons. The van der Waals surface area contributed by atoms with E-state index >= 15 is 0 Å². The van der Waals surface area contributed by atoms with Crippen molar-refractivity contribution < 1.29 is 4.79 Å². The number of carbonyl (C=O) groups is 1. The molecule has 1 aromatic carbocycles. The summed E-state index contributed by atoms with van der Waals surface area (Å²) in [5.74, 6) is 0.297. The van der Waals surface area contributed by atoms with Crippen molar-refractivity contribution in [2.45, 2.75) is 0 Å². The number of amides is 1. The lowest BCUT2D eigenvalue weighted by Gasteiger charge is -2.17. The molecule has 0 aliphatic rings. The summed E-state index contributed by atoms with van der Waals surface area (Å²) >= 11 is 0. The summed E-state index contributed by atoms with van der Waals surface area (Å²) in [7, 11) is 6.58. The lowest BCUT2D eigenvalue weighted by Crippen LogP contribution is -2.38. The summed E-state index contributed by atoms with van der Waals surface area (Å²) in [6.07, 6.45) is 0. The molecule has 28 heavy (non-hydrogen) atoms. The lowest BCUT2D eigenvalue weighted by atomic mass is 10.2. The Kier molecular flexibility index (Phi) is 5.16. The molecule has 0 atom stereocenters. The number of anilines is 3. The van der Waals surface area contributed by atoms with Crippen molar-refractivity contribution in [3.05, 3.63) is 57.2 Å². The van der Waals surface area contributed by atoms with E-state index in [1.165, 1.54) is 11.6 Å². The molecular weight excluding hydrogens is 360 g/mol. The normalized spacial score (nSPS) is 10.7. The number of hydrogen-bond acceptors (Lipinski definition) is 6. The summed E-state index contributed by atoms with van der Waals surface area (Å²) in [6, 6.07) is 10.8. The number of fused-ring (bicyclic) bond motifs is 1. The van der Waals surface area contributed by atoms with Crippen molar-refractivity contribution >= 4 is 34.1 Å². The average Bonchev–Trinajstić information content (AvgIpc) is 2.69. The average molecular weight is 382 g/mol. The van der Waals surface area contributed by atoms with Crippen LogP contribution in [0.2, 0.25) is 0 Å². The predicted molar refractivity (Wildman–Crippen MR) is 110 cm³/mol. The Balaban J connectivity index is 2.00. The fraction of sp³-hybridized carbons (Fsp3) is 0.263. The van der Waals surface area contributed by atoms with Crippen LogP contribution < -0.4 is 26.8 Å². The van der Waals surface area contributed by atoms with Gasteiger partial charge in [0.25, 0.3) is 5.56 Å². The van der Waals surface area contributed by atoms with Gasteiger partial charge in [-0.2, -0.15) is 0 Å². The van der Waals surface area contributed by atoms with Crippen LogP contribution in [-0.2, 0) is 18.9 Å². The number of aromatic nitrogens is 3. The monoisotopic (exact) mass is 382 g/mol. The van der Waals surface area contributed by atoms with E-state index in [0.717, 1.165) is 4.57 Å². The summed E-state index contributed by atoms with van der Waals surface area (Å²) in [5, 5.41) is 6.04. The van der Waals surface area contributed by atoms with Crippen LogP contribution in [0.3, 0.4) is 0 Å². The van der Waals surface area contributed by atoms with Gasteiger partial charge in [0.1, 0.15) is 11.2 Å². The summed E-state index contributed by atoms with van der Waals surface area (Å²) in [6.45, 7) is -0.0487. The molecule has 0 spiro atoms. The molecule has 2 heterocycles. The van der Waals surface area contributed by atoms with Crippen LogP contribution in [0.25, 0.3) is 11.0 Å². The highest BCUT2D eigenvalue weighted by Gasteiger charge is 2.17. The molecule has 0 saturated carbocycles. The zero-order valence-electron chi connectivity index (χ0n) is 16.2. The largest absolute Gasteiger partial charge is 0.375 e. The maximum absolute atomic E-state index is 12.7. The molecule has 9 heteroatoms. The van der Waals surface area contributed by atoms with E-state index in [9.17, 15) is 14.4 Å². The van der Waals surface area contributed by atoms with Gasteiger partial charge in [0.05, 0.1) is 12.2 Å². The van der Waals surface area contributed by atoms with Crippen molar-refractivity contribution in [1.82, 2.24) is 14.1 Å². The molecule has 2 N–H and O–H groups in total. The Morgan fingerprint density at radius 1 is 1.11 bits per heavy atom. The number of rotatable bonds is 5. The van der Waals surface area contributed by atoms with Crippen LogP contribution in [0, 0.1) is 0 Å². The SMILES string of the molecule is CN(C)c1cc(NCC(=O)Nc2ccccc2)c2c(=O)n(C)c(=O)n(C)c2n1. The molecule has 9 nitrogen and oxygen atoms in total. The topological polar surface area (TPSA) is 101 Å². The summed E-state index contributed by atoms with van der Waals surface area (Å²) in [5.41, 5.74) is 0.440. The van der Waals surface area contributed by atoms with E-state index < -0.39 is 11.2 Å². The van der Waals surface area contributed by atoms with E-state index in [1.807, 2.05) is 18.2 Å². The van der Waals surface area contributed by atoms with Crippen molar-refractivity contribution in [3.8, 4) is 0 Å². The first-order valence-electron chi connectivity index (χ1n) is 8.66. The molecule has 146 valence electrons. The number of nitrogens with one attached hydrogen (secondary N) is 2. The third kappa shape index (κ3) is 3.59. The molecular formula is C19H22N6O3. The fourth-order valence-electron chi connectivity index (χ4n) is 2.81. The first-order chi connectivity index (χ1) is 13.3. The van der Waals surface area contributed by atoms with Crippen LogP contribution in [-0.4, -0.2) is 40.7 Å². The first-order valence-corrected chi connectivity index (χ1v) is 8.66. The van der Waals surface area contributed by atoms with E-state index in [1.54, 1.807) is 44.2 Å². The number of aryl methyl sites for hydroxylation is 1. The van der Waals surface area contributed by atoms with Gasteiger partial charge in [-0.1, -0.05) is 18.2 Å². The number of pyridine rings is 1.